The maximum absolute atomic E-state index is 14.2. The van der Waals surface area contributed by atoms with Crippen LogP contribution in [0, 0.1) is 0 Å². The van der Waals surface area contributed by atoms with Gasteiger partial charge in [-0.3, -0.25) is 0 Å². The molecule has 2 rings (SSSR count). The highest BCUT2D eigenvalue weighted by molar-refractivity contribution is 5.49. The van der Waals surface area contributed by atoms with Gasteiger partial charge in [-0.15, -0.1) is 0 Å². The van der Waals surface area contributed by atoms with Crippen molar-refractivity contribution in [1.29, 1.82) is 0 Å². The van der Waals surface area contributed by atoms with E-state index in [9.17, 15) is 71.7 Å². The Hall–Kier alpha value is -2.94. The normalized spacial score (nSPS) is 14.7. The van der Waals surface area contributed by atoms with Gasteiger partial charge in [0.25, 0.3) is 0 Å². The number of hydrogen-bond acceptors (Lipinski definition) is 2. The van der Waals surface area contributed by atoms with E-state index in [-0.39, 0.29) is 24.3 Å². The molecule has 16 heteroatoms. The van der Waals surface area contributed by atoms with Crippen LogP contribution in [0.4, 0.5) is 61.5 Å². The fourth-order valence-electron chi connectivity index (χ4n) is 3.21. The van der Waals surface area contributed by atoms with E-state index in [1.54, 1.807) is 0 Å². The van der Waals surface area contributed by atoms with Crippen molar-refractivity contribution in [2.24, 2.45) is 0 Å². The van der Waals surface area contributed by atoms with Gasteiger partial charge in [0.05, 0.1) is 11.1 Å². The van der Waals surface area contributed by atoms with Gasteiger partial charge < -0.3 is 10.2 Å². The maximum Gasteiger partial charge on any atom is 0.460 e. The zero-order chi connectivity index (χ0) is 29.2. The molecule has 2 nitrogen and oxygen atoms in total. The Labute approximate surface area is 198 Å². The third kappa shape index (κ3) is 4.62. The second-order valence-corrected chi connectivity index (χ2v) is 8.38. The Kier molecular flexibility index (Phi) is 6.99. The number of alkyl halides is 14. The van der Waals surface area contributed by atoms with Crippen molar-refractivity contribution in [3.63, 3.8) is 0 Å². The Morgan fingerprint density at radius 2 is 0.757 bits per heavy atom. The molecule has 0 aliphatic carbocycles. The molecular weight excluding hydrogens is 550 g/mol. The zero-order valence-corrected chi connectivity index (χ0v) is 18.2. The number of halogens is 14. The quantitative estimate of drug-likeness (QED) is 0.349. The molecule has 0 saturated heterocycles. The number of aromatic hydroxyl groups is 2. The number of benzene rings is 2. The van der Waals surface area contributed by atoms with Crippen LogP contribution in [0.1, 0.15) is 36.1 Å². The molecule has 0 aliphatic rings. The average Bonchev–Trinajstić information content (AvgIpc) is 2.71. The Balaban J connectivity index is 2.73. The van der Waals surface area contributed by atoms with Crippen LogP contribution in [0.25, 0.3) is 0 Å². The summed E-state index contributed by atoms with van der Waals surface area (Å²) >= 11 is 0. The highest BCUT2D eigenvalue weighted by Crippen LogP contribution is 2.56. The number of hydrogen-bond donors (Lipinski definition) is 2. The molecule has 2 aromatic carbocycles. The van der Waals surface area contributed by atoms with Gasteiger partial charge in [0, 0.05) is 5.41 Å². The second-order valence-electron chi connectivity index (χ2n) is 8.38. The van der Waals surface area contributed by atoms with Crippen LogP contribution in [0.2, 0.25) is 0 Å². The van der Waals surface area contributed by atoms with Gasteiger partial charge in [0.1, 0.15) is 11.5 Å². The van der Waals surface area contributed by atoms with Gasteiger partial charge in [-0.1, -0.05) is 26.0 Å². The van der Waals surface area contributed by atoms with Crippen molar-refractivity contribution in [3.05, 3.63) is 58.7 Å². The zero-order valence-electron chi connectivity index (χ0n) is 18.2. The fourth-order valence-corrected chi connectivity index (χ4v) is 3.21. The molecule has 0 unspecified atom stereocenters. The molecular formula is C21H14F14O2. The molecule has 0 spiro atoms. The van der Waals surface area contributed by atoms with Crippen molar-refractivity contribution in [1.82, 2.24) is 0 Å². The lowest BCUT2D eigenvalue weighted by Crippen LogP contribution is -2.50. The lowest BCUT2D eigenvalue weighted by atomic mass is 9.76. The number of phenols is 2. The Bertz CT molecular complexity index is 1070. The van der Waals surface area contributed by atoms with E-state index in [0.29, 0.717) is 12.1 Å². The molecule has 2 aromatic rings. The number of phenolic OH excluding ortho intramolecular Hbond substituents is 2. The van der Waals surface area contributed by atoms with Crippen LogP contribution >= 0.6 is 0 Å². The molecule has 0 bridgehead atoms. The smallest absolute Gasteiger partial charge is 0.460 e. The van der Waals surface area contributed by atoms with Crippen LogP contribution in [0.15, 0.2) is 36.4 Å². The summed E-state index contributed by atoms with van der Waals surface area (Å²) in [6, 6.07) is 1.81. The van der Waals surface area contributed by atoms with Gasteiger partial charge >= 0.3 is 36.0 Å². The van der Waals surface area contributed by atoms with Gasteiger partial charge in [0.2, 0.25) is 0 Å². The Morgan fingerprint density at radius 3 is 1.00 bits per heavy atom. The van der Waals surface area contributed by atoms with Crippen LogP contribution in [0.5, 0.6) is 11.5 Å². The van der Waals surface area contributed by atoms with E-state index in [0.717, 1.165) is 13.8 Å². The minimum atomic E-state index is -6.78. The lowest BCUT2D eigenvalue weighted by Gasteiger charge is -2.32. The monoisotopic (exact) mass is 564 g/mol. The van der Waals surface area contributed by atoms with Gasteiger partial charge in [-0.05, 0) is 35.4 Å². The standard InChI is InChI=1S/C21H14F14O2/c1-15(2,9-3-5-13(36)11(7-9)16(22,23)18(26,27)20(30,31)32)10-4-6-14(37)12(8-10)17(24,25)19(28,29)21(33,34)35/h3-8,36-37H,1-2H3. The average molecular weight is 564 g/mol. The van der Waals surface area contributed by atoms with Crippen molar-refractivity contribution in [2.75, 3.05) is 0 Å². The SMILES string of the molecule is CC(C)(c1ccc(O)c(C(F)(F)C(F)(F)C(F)(F)F)c1)c1ccc(O)c(C(F)(F)C(F)(F)C(F)(F)F)c1. The third-order valence-electron chi connectivity index (χ3n) is 5.61. The highest BCUT2D eigenvalue weighted by atomic mass is 19.4. The van der Waals surface area contributed by atoms with E-state index in [1.165, 1.54) is 0 Å². The maximum atomic E-state index is 14.2. The van der Waals surface area contributed by atoms with Crippen LogP contribution in [-0.2, 0) is 17.3 Å². The van der Waals surface area contributed by atoms with E-state index in [2.05, 4.69) is 0 Å². The van der Waals surface area contributed by atoms with E-state index < -0.39 is 75.2 Å². The van der Waals surface area contributed by atoms with Crippen LogP contribution < -0.4 is 0 Å². The van der Waals surface area contributed by atoms with Crippen molar-refractivity contribution in [3.8, 4) is 11.5 Å². The first kappa shape index (κ1) is 30.3. The first-order valence-electron chi connectivity index (χ1n) is 9.57. The molecule has 0 aliphatic heterocycles. The van der Waals surface area contributed by atoms with Crippen molar-refractivity contribution >= 4 is 0 Å². The molecule has 0 atom stereocenters. The molecule has 0 amide bonds. The van der Waals surface area contributed by atoms with Gasteiger partial charge in [-0.2, -0.15) is 61.5 Å². The summed E-state index contributed by atoms with van der Waals surface area (Å²) < 4.78 is 186. The number of rotatable bonds is 6. The molecule has 37 heavy (non-hydrogen) atoms. The van der Waals surface area contributed by atoms with Gasteiger partial charge in [-0.25, -0.2) is 0 Å². The summed E-state index contributed by atoms with van der Waals surface area (Å²) in [6.07, 6.45) is -13.6. The summed E-state index contributed by atoms with van der Waals surface area (Å²) in [6.45, 7) is 1.86. The second kappa shape index (κ2) is 8.55. The Morgan fingerprint density at radius 1 is 0.486 bits per heavy atom. The minimum absolute atomic E-state index is 0.0377. The molecule has 208 valence electrons. The molecule has 0 aromatic heterocycles. The first-order valence-corrected chi connectivity index (χ1v) is 9.57. The summed E-state index contributed by atoms with van der Waals surface area (Å²) in [4.78, 5) is 0. The molecule has 0 fully saturated rings. The highest BCUT2D eigenvalue weighted by Gasteiger charge is 2.75. The van der Waals surface area contributed by atoms with Crippen LogP contribution in [0.3, 0.4) is 0 Å². The molecule has 0 heterocycles. The largest absolute Gasteiger partial charge is 0.507 e. The molecule has 2 N–H and O–H groups in total. The topological polar surface area (TPSA) is 40.5 Å². The van der Waals surface area contributed by atoms with Crippen molar-refractivity contribution < 1.29 is 71.7 Å². The summed E-state index contributed by atoms with van der Waals surface area (Å²) in [5, 5.41) is 19.2. The van der Waals surface area contributed by atoms with E-state index in [1.807, 2.05) is 0 Å². The summed E-state index contributed by atoms with van der Waals surface area (Å²) in [7, 11) is 0. The van der Waals surface area contributed by atoms with E-state index in [4.69, 9.17) is 0 Å². The predicted molar refractivity (Wildman–Crippen MR) is 98.1 cm³/mol. The lowest BCUT2D eigenvalue weighted by molar-refractivity contribution is -0.360. The predicted octanol–water partition coefficient (Wildman–Crippen LogP) is 8.00. The molecule has 0 saturated carbocycles. The van der Waals surface area contributed by atoms with Crippen molar-refractivity contribution in [2.45, 2.75) is 55.3 Å². The fraction of sp³-hybridized carbons (Fsp3) is 0.429. The first-order chi connectivity index (χ1) is 16.2. The molecule has 0 radical (unpaired) electrons. The van der Waals surface area contributed by atoms with Gasteiger partial charge in [0.15, 0.2) is 0 Å². The third-order valence-corrected chi connectivity index (χ3v) is 5.61. The summed E-state index contributed by atoms with van der Waals surface area (Å²) in [5.74, 6) is -29.0. The van der Waals surface area contributed by atoms with Crippen LogP contribution in [-0.4, -0.2) is 34.4 Å². The summed E-state index contributed by atoms with van der Waals surface area (Å²) in [5.41, 5.74) is -7.89. The van der Waals surface area contributed by atoms with E-state index >= 15 is 0 Å². The minimum Gasteiger partial charge on any atom is -0.507 e.